The first-order valence-corrected chi connectivity index (χ1v) is 11.4. The van der Waals surface area contributed by atoms with Crippen LogP contribution in [0, 0.1) is 11.6 Å². The molecule has 0 saturated carbocycles. The average Bonchev–Trinajstić information content (AvgIpc) is 2.85. The fraction of sp³-hybridized carbons (Fsp3) is 0.240. The number of amides is 1. The zero-order valence-electron chi connectivity index (χ0n) is 18.8. The summed E-state index contributed by atoms with van der Waals surface area (Å²) in [7, 11) is 0. The second kappa shape index (κ2) is 11.2. The quantitative estimate of drug-likeness (QED) is 0.340. The van der Waals surface area contributed by atoms with Gasteiger partial charge in [-0.1, -0.05) is 30.3 Å². The van der Waals surface area contributed by atoms with Crippen molar-refractivity contribution < 1.29 is 18.3 Å². The summed E-state index contributed by atoms with van der Waals surface area (Å²) in [6, 6.07) is 9.71. The summed E-state index contributed by atoms with van der Waals surface area (Å²) in [6.07, 6.45) is 3.75. The number of anilines is 4. The lowest BCUT2D eigenvalue weighted by Crippen LogP contribution is -2.16. The van der Waals surface area contributed by atoms with Gasteiger partial charge in [-0.2, -0.15) is 4.98 Å². The minimum atomic E-state index is -0.616. The third-order valence-corrected chi connectivity index (χ3v) is 5.83. The molecule has 35 heavy (non-hydrogen) atoms. The molecule has 0 bridgehead atoms. The van der Waals surface area contributed by atoms with Crippen LogP contribution >= 0.6 is 11.6 Å². The Hall–Kier alpha value is -3.56. The van der Waals surface area contributed by atoms with E-state index in [0.29, 0.717) is 44.1 Å². The Labute approximate surface area is 206 Å². The SMILES string of the molecule is C=CC(=O)Nc1cccc(CNc2nc(Nc3cc(F)c(C4CCOCC4)c(F)c3)ncc2Cl)c1. The second-order valence-corrected chi connectivity index (χ2v) is 8.41. The van der Waals surface area contributed by atoms with Gasteiger partial charge in [0.05, 0.1) is 6.20 Å². The highest BCUT2D eigenvalue weighted by atomic mass is 35.5. The van der Waals surface area contributed by atoms with E-state index in [4.69, 9.17) is 16.3 Å². The van der Waals surface area contributed by atoms with Crippen molar-refractivity contribution in [1.29, 1.82) is 0 Å². The van der Waals surface area contributed by atoms with E-state index in [2.05, 4.69) is 32.5 Å². The Morgan fingerprint density at radius 2 is 1.91 bits per heavy atom. The van der Waals surface area contributed by atoms with Gasteiger partial charge in [0.1, 0.15) is 16.7 Å². The molecule has 0 unspecified atom stereocenters. The number of rotatable bonds is 8. The summed E-state index contributed by atoms with van der Waals surface area (Å²) in [5, 5.41) is 8.92. The molecule has 2 aromatic carbocycles. The van der Waals surface area contributed by atoms with Crippen molar-refractivity contribution in [2.75, 3.05) is 29.2 Å². The summed E-state index contributed by atoms with van der Waals surface area (Å²) in [6.45, 7) is 4.77. The Bertz CT molecular complexity index is 1210. The maximum absolute atomic E-state index is 14.8. The smallest absolute Gasteiger partial charge is 0.247 e. The zero-order chi connectivity index (χ0) is 24.8. The van der Waals surface area contributed by atoms with Gasteiger partial charge in [-0.3, -0.25) is 4.79 Å². The molecule has 4 rings (SSSR count). The fourth-order valence-corrected chi connectivity index (χ4v) is 4.01. The van der Waals surface area contributed by atoms with Crippen molar-refractivity contribution in [2.45, 2.75) is 25.3 Å². The Kier molecular flexibility index (Phi) is 7.89. The number of carbonyl (C=O) groups is 1. The van der Waals surface area contributed by atoms with Crippen LogP contribution in [0.25, 0.3) is 0 Å². The molecule has 1 fully saturated rings. The highest BCUT2D eigenvalue weighted by molar-refractivity contribution is 6.32. The normalized spacial score (nSPS) is 13.8. The lowest BCUT2D eigenvalue weighted by molar-refractivity contribution is -0.111. The molecule has 1 aromatic heterocycles. The van der Waals surface area contributed by atoms with Crippen LogP contribution in [0.1, 0.15) is 29.9 Å². The predicted octanol–water partition coefficient (Wildman–Crippen LogP) is 5.78. The summed E-state index contributed by atoms with van der Waals surface area (Å²) >= 11 is 6.23. The number of ether oxygens (including phenoxy) is 1. The topological polar surface area (TPSA) is 88.2 Å². The van der Waals surface area contributed by atoms with Gasteiger partial charge in [-0.05, 0) is 54.7 Å². The van der Waals surface area contributed by atoms with Crippen molar-refractivity contribution in [2.24, 2.45) is 0 Å². The standard InChI is InChI=1S/C25H24ClF2N5O2/c1-2-22(34)31-17-5-3-4-15(10-17)13-29-24-19(26)14-30-25(33-24)32-18-11-20(27)23(21(28)12-18)16-6-8-35-9-7-16/h2-5,10-12,14,16H,1,6-9,13H2,(H,31,34)(H2,29,30,32,33). The number of aromatic nitrogens is 2. The van der Waals surface area contributed by atoms with E-state index in [-0.39, 0.29) is 34.0 Å². The first-order valence-electron chi connectivity index (χ1n) is 11.1. The van der Waals surface area contributed by atoms with E-state index in [9.17, 15) is 13.6 Å². The highest BCUT2D eigenvalue weighted by Gasteiger charge is 2.23. The molecule has 3 N–H and O–H groups in total. The van der Waals surface area contributed by atoms with Crippen molar-refractivity contribution in [3.8, 4) is 0 Å². The Morgan fingerprint density at radius 3 is 2.63 bits per heavy atom. The molecule has 0 aliphatic carbocycles. The molecule has 2 heterocycles. The first kappa shape index (κ1) is 24.6. The lowest BCUT2D eigenvalue weighted by Gasteiger charge is -2.23. The molecular weight excluding hydrogens is 476 g/mol. The predicted molar refractivity (Wildman–Crippen MR) is 132 cm³/mol. The van der Waals surface area contributed by atoms with E-state index in [1.165, 1.54) is 24.4 Å². The van der Waals surface area contributed by atoms with Crippen LogP contribution in [0.5, 0.6) is 0 Å². The van der Waals surface area contributed by atoms with Gasteiger partial charge < -0.3 is 20.7 Å². The van der Waals surface area contributed by atoms with Crippen molar-refractivity contribution in [1.82, 2.24) is 9.97 Å². The monoisotopic (exact) mass is 499 g/mol. The van der Waals surface area contributed by atoms with Gasteiger partial charge >= 0.3 is 0 Å². The van der Waals surface area contributed by atoms with Crippen molar-refractivity contribution in [3.63, 3.8) is 0 Å². The van der Waals surface area contributed by atoms with E-state index in [1.54, 1.807) is 18.2 Å². The number of hydrogen-bond acceptors (Lipinski definition) is 6. The van der Waals surface area contributed by atoms with Crippen molar-refractivity contribution in [3.05, 3.63) is 83.0 Å². The molecule has 182 valence electrons. The van der Waals surface area contributed by atoms with Crippen LogP contribution in [0.2, 0.25) is 5.02 Å². The number of carbonyl (C=O) groups excluding carboxylic acids is 1. The molecule has 7 nitrogen and oxygen atoms in total. The summed E-state index contributed by atoms with van der Waals surface area (Å²) in [4.78, 5) is 19.9. The average molecular weight is 500 g/mol. The van der Waals surface area contributed by atoms with Gasteiger partial charge in [-0.15, -0.1) is 0 Å². The van der Waals surface area contributed by atoms with Crippen LogP contribution in [-0.4, -0.2) is 29.1 Å². The maximum atomic E-state index is 14.8. The van der Waals surface area contributed by atoms with E-state index in [1.807, 2.05) is 6.07 Å². The molecule has 0 radical (unpaired) electrons. The van der Waals surface area contributed by atoms with Gasteiger partial charge in [0, 0.05) is 36.7 Å². The lowest BCUT2D eigenvalue weighted by atomic mass is 9.90. The van der Waals surface area contributed by atoms with Gasteiger partial charge in [-0.25, -0.2) is 13.8 Å². The van der Waals surface area contributed by atoms with Crippen LogP contribution in [0.15, 0.2) is 55.3 Å². The maximum Gasteiger partial charge on any atom is 0.247 e. The molecule has 10 heteroatoms. The molecule has 0 atom stereocenters. The second-order valence-electron chi connectivity index (χ2n) is 8.00. The first-order chi connectivity index (χ1) is 16.9. The minimum Gasteiger partial charge on any atom is -0.381 e. The van der Waals surface area contributed by atoms with Crippen molar-refractivity contribution >= 4 is 40.6 Å². The van der Waals surface area contributed by atoms with Crippen LogP contribution in [0.4, 0.5) is 31.9 Å². The fourth-order valence-electron chi connectivity index (χ4n) is 3.85. The number of nitrogens with one attached hydrogen (secondary N) is 3. The summed E-state index contributed by atoms with van der Waals surface area (Å²) < 4.78 is 34.8. The van der Waals surface area contributed by atoms with E-state index >= 15 is 0 Å². The number of halogens is 3. The van der Waals surface area contributed by atoms with Crippen LogP contribution in [-0.2, 0) is 16.1 Å². The summed E-state index contributed by atoms with van der Waals surface area (Å²) in [5.74, 6) is -1.28. The molecule has 3 aromatic rings. The Morgan fingerprint density at radius 1 is 1.17 bits per heavy atom. The third-order valence-electron chi connectivity index (χ3n) is 5.55. The molecule has 1 aliphatic rings. The Balaban J connectivity index is 1.45. The molecule has 1 amide bonds. The number of benzene rings is 2. The van der Waals surface area contributed by atoms with Gasteiger partial charge in [0.25, 0.3) is 0 Å². The third kappa shape index (κ3) is 6.32. The van der Waals surface area contributed by atoms with Gasteiger partial charge in [0.15, 0.2) is 5.82 Å². The summed E-state index contributed by atoms with van der Waals surface area (Å²) in [5.41, 5.74) is 1.77. The molecule has 1 aliphatic heterocycles. The zero-order valence-corrected chi connectivity index (χ0v) is 19.5. The van der Waals surface area contributed by atoms with Crippen LogP contribution < -0.4 is 16.0 Å². The molecule has 1 saturated heterocycles. The van der Waals surface area contributed by atoms with E-state index < -0.39 is 11.6 Å². The van der Waals surface area contributed by atoms with Crippen LogP contribution in [0.3, 0.4) is 0 Å². The minimum absolute atomic E-state index is 0.0877. The van der Waals surface area contributed by atoms with E-state index in [0.717, 1.165) is 5.56 Å². The highest BCUT2D eigenvalue weighted by Crippen LogP contribution is 2.33. The molecule has 0 spiro atoms. The molecular formula is C25H24ClF2N5O2. The van der Waals surface area contributed by atoms with Gasteiger partial charge in [0.2, 0.25) is 11.9 Å². The number of nitrogens with zero attached hydrogens (tertiary/aromatic N) is 2. The largest absolute Gasteiger partial charge is 0.381 e. The number of hydrogen-bond donors (Lipinski definition) is 3.